The lowest BCUT2D eigenvalue weighted by molar-refractivity contribution is 0.483. The van der Waals surface area contributed by atoms with Gasteiger partial charge in [-0.2, -0.15) is 8.42 Å². The van der Waals surface area contributed by atoms with Gasteiger partial charge >= 0.3 is 0 Å². The Labute approximate surface area is 176 Å². The molecule has 2 fully saturated rings. The van der Waals surface area contributed by atoms with Gasteiger partial charge in [-0.15, -0.1) is 0 Å². The molecule has 1 N–H and O–H groups in total. The van der Waals surface area contributed by atoms with Gasteiger partial charge in [-0.05, 0) is 65.6 Å². The van der Waals surface area contributed by atoms with Crippen molar-refractivity contribution in [2.75, 3.05) is 0 Å². The molecule has 2 aliphatic rings. The SMILES string of the molecule is O=S(=O)(O)c1ccc(-c2ccc(P(C3CCCCC3)C3CCCCC3)cc2)cc1. The van der Waals surface area contributed by atoms with Gasteiger partial charge in [0.25, 0.3) is 10.1 Å². The highest BCUT2D eigenvalue weighted by Crippen LogP contribution is 2.54. The molecule has 0 atom stereocenters. The van der Waals surface area contributed by atoms with E-state index in [1.54, 1.807) is 17.4 Å². The third-order valence-corrected chi connectivity index (χ3v) is 11.0. The van der Waals surface area contributed by atoms with E-state index < -0.39 is 10.1 Å². The molecule has 0 aromatic heterocycles. The molecule has 0 spiro atoms. The van der Waals surface area contributed by atoms with Crippen LogP contribution in [0.2, 0.25) is 0 Å². The maximum absolute atomic E-state index is 11.3. The van der Waals surface area contributed by atoms with Crippen molar-refractivity contribution >= 4 is 23.3 Å². The molecule has 2 aliphatic carbocycles. The maximum Gasteiger partial charge on any atom is 0.294 e. The van der Waals surface area contributed by atoms with Gasteiger partial charge in [0.1, 0.15) is 0 Å². The molecule has 0 unspecified atom stereocenters. The monoisotopic (exact) mass is 430 g/mol. The molecular formula is C24H31O3PS. The zero-order valence-corrected chi connectivity index (χ0v) is 18.7. The summed E-state index contributed by atoms with van der Waals surface area (Å²) in [7, 11) is -4.25. The van der Waals surface area contributed by atoms with Gasteiger partial charge in [-0.3, -0.25) is 4.55 Å². The van der Waals surface area contributed by atoms with Crippen LogP contribution < -0.4 is 5.30 Å². The number of hydrogen-bond acceptors (Lipinski definition) is 2. The fraction of sp³-hybridized carbons (Fsp3) is 0.500. The fourth-order valence-corrected chi connectivity index (χ4v) is 9.34. The second-order valence-corrected chi connectivity index (χ2v) is 12.8. The molecule has 2 saturated carbocycles. The molecule has 4 rings (SSSR count). The second-order valence-electron chi connectivity index (χ2n) is 8.54. The van der Waals surface area contributed by atoms with Crippen LogP contribution in [-0.4, -0.2) is 24.3 Å². The lowest BCUT2D eigenvalue weighted by atomic mass is 9.99. The lowest BCUT2D eigenvalue weighted by Crippen LogP contribution is -2.26. The minimum absolute atomic E-state index is 0.0593. The Morgan fingerprint density at radius 3 is 1.48 bits per heavy atom. The van der Waals surface area contributed by atoms with Crippen LogP contribution in [0.4, 0.5) is 0 Å². The zero-order valence-electron chi connectivity index (χ0n) is 17.0. The first-order valence-corrected chi connectivity index (χ1v) is 13.9. The number of rotatable bonds is 5. The third-order valence-electron chi connectivity index (χ3n) is 6.59. The van der Waals surface area contributed by atoms with Crippen LogP contribution in [0, 0.1) is 0 Å². The van der Waals surface area contributed by atoms with E-state index in [0.29, 0.717) is 0 Å². The largest absolute Gasteiger partial charge is 0.294 e. The Morgan fingerprint density at radius 2 is 1.07 bits per heavy atom. The summed E-state index contributed by atoms with van der Waals surface area (Å²) in [6, 6.07) is 15.5. The van der Waals surface area contributed by atoms with E-state index in [-0.39, 0.29) is 12.8 Å². The van der Waals surface area contributed by atoms with Gasteiger partial charge in [0.05, 0.1) is 4.90 Å². The molecule has 0 heterocycles. The van der Waals surface area contributed by atoms with Crippen LogP contribution in [-0.2, 0) is 10.1 Å². The van der Waals surface area contributed by atoms with Crippen LogP contribution in [0.15, 0.2) is 53.4 Å². The number of hydrogen-bond donors (Lipinski definition) is 1. The van der Waals surface area contributed by atoms with Crippen molar-refractivity contribution < 1.29 is 13.0 Å². The van der Waals surface area contributed by atoms with Crippen LogP contribution >= 0.6 is 7.92 Å². The highest BCUT2D eigenvalue weighted by molar-refractivity contribution is 7.85. The molecule has 0 bridgehead atoms. The van der Waals surface area contributed by atoms with Gasteiger partial charge < -0.3 is 0 Å². The molecule has 0 radical (unpaired) electrons. The molecule has 0 amide bonds. The van der Waals surface area contributed by atoms with Gasteiger partial charge in [0.15, 0.2) is 0 Å². The first-order valence-electron chi connectivity index (χ1n) is 11.0. The first kappa shape index (κ1) is 21.0. The summed E-state index contributed by atoms with van der Waals surface area (Å²) in [6.07, 6.45) is 14.0. The highest BCUT2D eigenvalue weighted by atomic mass is 32.2. The quantitative estimate of drug-likeness (QED) is 0.443. The van der Waals surface area contributed by atoms with E-state index in [1.807, 2.05) is 0 Å². The Hall–Kier alpha value is -1.22. The Morgan fingerprint density at radius 1 is 0.655 bits per heavy atom. The summed E-state index contributed by atoms with van der Waals surface area (Å²) in [5.41, 5.74) is 3.85. The predicted octanol–water partition coefficient (Wildman–Crippen LogP) is 6.37. The van der Waals surface area contributed by atoms with Crippen molar-refractivity contribution in [1.82, 2.24) is 0 Å². The summed E-state index contributed by atoms with van der Waals surface area (Å²) in [5, 5.41) is 1.55. The van der Waals surface area contributed by atoms with Crippen molar-refractivity contribution in [2.45, 2.75) is 80.4 Å². The summed E-state index contributed by atoms with van der Waals surface area (Å²) < 4.78 is 31.7. The summed E-state index contributed by atoms with van der Waals surface area (Å²) in [4.78, 5) is -0.0593. The van der Waals surface area contributed by atoms with Crippen LogP contribution in [0.1, 0.15) is 64.2 Å². The smallest absolute Gasteiger partial charge is 0.282 e. The van der Waals surface area contributed by atoms with E-state index >= 15 is 0 Å². The predicted molar refractivity (Wildman–Crippen MR) is 122 cm³/mol. The summed E-state index contributed by atoms with van der Waals surface area (Å²) in [5.74, 6) is 0. The molecule has 3 nitrogen and oxygen atoms in total. The van der Waals surface area contributed by atoms with Crippen molar-refractivity contribution in [3.63, 3.8) is 0 Å². The molecule has 2 aromatic rings. The van der Waals surface area contributed by atoms with Crippen LogP contribution in [0.5, 0.6) is 0 Å². The van der Waals surface area contributed by atoms with Crippen molar-refractivity contribution in [2.24, 2.45) is 0 Å². The average molecular weight is 431 g/mol. The first-order chi connectivity index (χ1) is 14.0. The van der Waals surface area contributed by atoms with Crippen LogP contribution in [0.25, 0.3) is 11.1 Å². The highest BCUT2D eigenvalue weighted by Gasteiger charge is 2.32. The fourth-order valence-electron chi connectivity index (χ4n) is 5.08. The summed E-state index contributed by atoms with van der Waals surface area (Å²) in [6.45, 7) is 0. The van der Waals surface area contributed by atoms with E-state index in [9.17, 15) is 8.42 Å². The molecule has 156 valence electrons. The van der Waals surface area contributed by atoms with E-state index in [4.69, 9.17) is 4.55 Å². The minimum Gasteiger partial charge on any atom is -0.282 e. The van der Waals surface area contributed by atoms with Crippen molar-refractivity contribution in [3.05, 3.63) is 48.5 Å². The summed E-state index contributed by atoms with van der Waals surface area (Å²) >= 11 is 0. The molecular weight excluding hydrogens is 399 g/mol. The number of benzene rings is 2. The normalized spacial score (nSPS) is 19.5. The maximum atomic E-state index is 11.3. The Bertz CT molecular complexity index is 876. The van der Waals surface area contributed by atoms with E-state index in [0.717, 1.165) is 22.4 Å². The minimum atomic E-state index is -4.14. The second kappa shape index (κ2) is 9.29. The van der Waals surface area contributed by atoms with E-state index in [2.05, 4.69) is 24.3 Å². The molecule has 2 aromatic carbocycles. The Kier molecular flexibility index (Phi) is 6.73. The molecule has 5 heteroatoms. The molecule has 29 heavy (non-hydrogen) atoms. The van der Waals surface area contributed by atoms with Crippen molar-refractivity contribution in [1.29, 1.82) is 0 Å². The Balaban J connectivity index is 1.58. The molecule has 0 saturated heterocycles. The van der Waals surface area contributed by atoms with Gasteiger partial charge in [-0.1, -0.05) is 82.8 Å². The lowest BCUT2D eigenvalue weighted by Gasteiger charge is -2.38. The van der Waals surface area contributed by atoms with Gasteiger partial charge in [-0.25, -0.2) is 0 Å². The van der Waals surface area contributed by atoms with Crippen molar-refractivity contribution in [3.8, 4) is 11.1 Å². The molecule has 0 aliphatic heterocycles. The third kappa shape index (κ3) is 5.10. The van der Waals surface area contributed by atoms with E-state index in [1.165, 1.54) is 76.3 Å². The van der Waals surface area contributed by atoms with Crippen LogP contribution in [0.3, 0.4) is 0 Å². The average Bonchev–Trinajstić information content (AvgIpc) is 2.76. The van der Waals surface area contributed by atoms with Gasteiger partial charge in [0.2, 0.25) is 0 Å². The van der Waals surface area contributed by atoms with Gasteiger partial charge in [0, 0.05) is 0 Å². The zero-order chi connectivity index (χ0) is 20.3. The standard InChI is InChI=1S/C24H31O3PS/c25-29(26,27)24-17-13-20(14-18-24)19-11-15-23(16-12-19)28(21-7-3-1-4-8-21)22-9-5-2-6-10-22/h11-18,21-22H,1-10H2,(H,25,26,27). The topological polar surface area (TPSA) is 54.4 Å².